The van der Waals surface area contributed by atoms with Gasteiger partial charge in [0.15, 0.2) is 0 Å². The Bertz CT molecular complexity index is 405. The first-order valence-electron chi connectivity index (χ1n) is 5.72. The van der Waals surface area contributed by atoms with Gasteiger partial charge in [0.25, 0.3) is 0 Å². The summed E-state index contributed by atoms with van der Waals surface area (Å²) < 4.78 is 0. The van der Waals surface area contributed by atoms with Gasteiger partial charge in [-0.3, -0.25) is 0 Å². The second-order valence-corrected chi connectivity index (χ2v) is 4.23. The van der Waals surface area contributed by atoms with Gasteiger partial charge in [-0.2, -0.15) is 0 Å². The lowest BCUT2D eigenvalue weighted by Gasteiger charge is -2.28. The molecule has 0 saturated heterocycles. The Morgan fingerprint density at radius 2 is 2.24 bits per heavy atom. The molecule has 0 unspecified atom stereocenters. The van der Waals surface area contributed by atoms with Crippen molar-refractivity contribution in [2.75, 3.05) is 17.2 Å². The highest BCUT2D eigenvalue weighted by atomic mass is 16.4. The van der Waals surface area contributed by atoms with Crippen molar-refractivity contribution < 1.29 is 9.90 Å². The van der Waals surface area contributed by atoms with Gasteiger partial charge in [0.2, 0.25) is 0 Å². The maximum atomic E-state index is 11.2. The van der Waals surface area contributed by atoms with Crippen molar-refractivity contribution in [1.29, 1.82) is 0 Å². The van der Waals surface area contributed by atoms with Crippen LogP contribution in [0.4, 0.5) is 11.5 Å². The number of nitrogen functional groups attached to an aromatic ring is 1. The van der Waals surface area contributed by atoms with Crippen LogP contribution in [0.1, 0.15) is 37.6 Å². The van der Waals surface area contributed by atoms with Gasteiger partial charge in [-0.05, 0) is 26.3 Å². The lowest BCUT2D eigenvalue weighted by molar-refractivity contribution is 0.0697. The van der Waals surface area contributed by atoms with Crippen molar-refractivity contribution in [3.8, 4) is 0 Å². The summed E-state index contributed by atoms with van der Waals surface area (Å²) in [4.78, 5) is 17.3. The summed E-state index contributed by atoms with van der Waals surface area (Å²) in [7, 11) is 0. The summed E-state index contributed by atoms with van der Waals surface area (Å²) in [6.07, 6.45) is 2.43. The highest BCUT2D eigenvalue weighted by Crippen LogP contribution is 2.22. The van der Waals surface area contributed by atoms with Crippen molar-refractivity contribution in [2.24, 2.45) is 0 Å². The smallest absolute Gasteiger partial charge is 0.339 e. The number of carboxylic acids is 1. The molecule has 1 aromatic rings. The van der Waals surface area contributed by atoms with Gasteiger partial charge in [-0.15, -0.1) is 0 Å². The van der Waals surface area contributed by atoms with Gasteiger partial charge >= 0.3 is 5.97 Å². The van der Waals surface area contributed by atoms with Crippen LogP contribution in [0, 0.1) is 0 Å². The first-order chi connectivity index (χ1) is 7.97. The maximum absolute atomic E-state index is 11.2. The van der Waals surface area contributed by atoms with Crippen molar-refractivity contribution >= 4 is 17.5 Å². The molecule has 0 radical (unpaired) electrons. The average molecular weight is 237 g/mol. The Morgan fingerprint density at radius 3 is 2.71 bits per heavy atom. The van der Waals surface area contributed by atoms with Crippen LogP contribution in [-0.4, -0.2) is 28.6 Å². The summed E-state index contributed by atoms with van der Waals surface area (Å²) in [5.74, 6) is -0.509. The van der Waals surface area contributed by atoms with Crippen LogP contribution >= 0.6 is 0 Å². The van der Waals surface area contributed by atoms with E-state index in [9.17, 15) is 4.79 Å². The molecule has 0 spiro atoms. The number of rotatable bonds is 5. The van der Waals surface area contributed by atoms with Crippen molar-refractivity contribution in [3.05, 3.63) is 17.8 Å². The predicted octanol–water partition coefficient (Wildman–Crippen LogP) is 1.99. The first kappa shape index (κ1) is 13.3. The highest BCUT2D eigenvalue weighted by molar-refractivity contribution is 5.94. The van der Waals surface area contributed by atoms with Crippen LogP contribution in [0.2, 0.25) is 0 Å². The normalized spacial score (nSPS) is 10.6. The fourth-order valence-electron chi connectivity index (χ4n) is 1.71. The minimum atomic E-state index is -0.999. The lowest BCUT2D eigenvalue weighted by atomic mass is 10.2. The van der Waals surface area contributed by atoms with Gasteiger partial charge in [0.05, 0.1) is 11.9 Å². The fraction of sp³-hybridized carbons (Fsp3) is 0.500. The fourth-order valence-corrected chi connectivity index (χ4v) is 1.71. The van der Waals surface area contributed by atoms with Crippen molar-refractivity contribution in [2.45, 2.75) is 33.2 Å². The molecule has 0 bridgehead atoms. The summed E-state index contributed by atoms with van der Waals surface area (Å²) in [6.45, 7) is 6.85. The van der Waals surface area contributed by atoms with Crippen molar-refractivity contribution in [1.82, 2.24) is 4.98 Å². The number of carboxylic acid groups (broad SMARTS) is 1. The molecule has 0 atom stereocenters. The largest absolute Gasteiger partial charge is 0.478 e. The second kappa shape index (κ2) is 5.52. The molecule has 1 heterocycles. The van der Waals surface area contributed by atoms with Crippen LogP contribution in [0.3, 0.4) is 0 Å². The van der Waals surface area contributed by atoms with Crippen LogP contribution < -0.4 is 10.6 Å². The zero-order valence-electron chi connectivity index (χ0n) is 10.5. The van der Waals surface area contributed by atoms with Crippen LogP contribution in [0.5, 0.6) is 0 Å². The molecule has 0 aliphatic heterocycles. The number of nitrogens with two attached hydrogens (primary N) is 1. The van der Waals surface area contributed by atoms with Crippen LogP contribution in [0.15, 0.2) is 12.3 Å². The highest BCUT2D eigenvalue weighted by Gasteiger charge is 2.19. The quantitative estimate of drug-likeness (QED) is 0.818. The number of nitrogens with zero attached hydrogens (tertiary/aromatic N) is 2. The number of aromatic nitrogens is 1. The zero-order chi connectivity index (χ0) is 13.0. The van der Waals surface area contributed by atoms with E-state index in [0.29, 0.717) is 11.5 Å². The lowest BCUT2D eigenvalue weighted by Crippen LogP contribution is -2.33. The molecule has 0 saturated carbocycles. The number of hydrogen-bond donors (Lipinski definition) is 2. The van der Waals surface area contributed by atoms with E-state index < -0.39 is 5.97 Å². The molecule has 5 heteroatoms. The van der Waals surface area contributed by atoms with Crippen LogP contribution in [-0.2, 0) is 0 Å². The summed E-state index contributed by atoms with van der Waals surface area (Å²) >= 11 is 0. The topological polar surface area (TPSA) is 79.5 Å². The summed E-state index contributed by atoms with van der Waals surface area (Å²) in [6, 6.07) is 1.65. The molecule has 0 amide bonds. The van der Waals surface area contributed by atoms with Gasteiger partial charge < -0.3 is 15.7 Å². The molecule has 0 fully saturated rings. The van der Waals surface area contributed by atoms with E-state index in [2.05, 4.69) is 4.98 Å². The van der Waals surface area contributed by atoms with Gasteiger partial charge in [-0.25, -0.2) is 9.78 Å². The second-order valence-electron chi connectivity index (χ2n) is 4.23. The molecule has 0 aliphatic carbocycles. The zero-order valence-corrected chi connectivity index (χ0v) is 10.5. The average Bonchev–Trinajstić information content (AvgIpc) is 2.26. The summed E-state index contributed by atoms with van der Waals surface area (Å²) in [5, 5.41) is 9.17. The monoisotopic (exact) mass is 237 g/mol. The Hall–Kier alpha value is -1.78. The first-order valence-corrected chi connectivity index (χ1v) is 5.72. The molecule has 0 aromatic carbocycles. The molecular formula is C12H19N3O2. The Balaban J connectivity index is 3.22. The van der Waals surface area contributed by atoms with Gasteiger partial charge in [0, 0.05) is 12.6 Å². The van der Waals surface area contributed by atoms with Gasteiger partial charge in [0.1, 0.15) is 11.4 Å². The molecule has 17 heavy (non-hydrogen) atoms. The van der Waals surface area contributed by atoms with E-state index in [1.54, 1.807) is 0 Å². The Kier molecular flexibility index (Phi) is 4.31. The molecule has 94 valence electrons. The van der Waals surface area contributed by atoms with E-state index in [1.807, 2.05) is 25.7 Å². The predicted molar refractivity (Wildman–Crippen MR) is 68.4 cm³/mol. The molecule has 3 N–H and O–H groups in total. The molecule has 1 aromatic heterocycles. The Labute approximate surface area is 101 Å². The van der Waals surface area contributed by atoms with E-state index in [1.165, 1.54) is 12.3 Å². The minimum Gasteiger partial charge on any atom is -0.478 e. The van der Waals surface area contributed by atoms with E-state index in [-0.39, 0.29) is 11.6 Å². The number of hydrogen-bond acceptors (Lipinski definition) is 4. The maximum Gasteiger partial charge on any atom is 0.339 e. The van der Waals surface area contributed by atoms with E-state index in [4.69, 9.17) is 10.8 Å². The van der Waals surface area contributed by atoms with Crippen molar-refractivity contribution in [3.63, 3.8) is 0 Å². The third-order valence-corrected chi connectivity index (χ3v) is 2.48. The number of carbonyl (C=O) groups is 1. The third-order valence-electron chi connectivity index (χ3n) is 2.48. The number of anilines is 2. The molecular weight excluding hydrogens is 218 g/mol. The minimum absolute atomic E-state index is 0.159. The Morgan fingerprint density at radius 1 is 1.59 bits per heavy atom. The number of aromatic carboxylic acids is 1. The standard InChI is InChI=1S/C12H19N3O2/c1-4-5-15(8(2)3)11-10(12(16)17)6-9(13)7-14-11/h6-8H,4-5,13H2,1-3H3,(H,16,17). The molecule has 1 rings (SSSR count). The van der Waals surface area contributed by atoms with Crippen LogP contribution in [0.25, 0.3) is 0 Å². The van der Waals surface area contributed by atoms with E-state index >= 15 is 0 Å². The SMILES string of the molecule is CCCN(c1ncc(N)cc1C(=O)O)C(C)C. The third kappa shape index (κ3) is 3.09. The number of pyridine rings is 1. The molecule has 5 nitrogen and oxygen atoms in total. The molecule has 0 aliphatic rings. The van der Waals surface area contributed by atoms with E-state index in [0.717, 1.165) is 13.0 Å². The van der Waals surface area contributed by atoms with Gasteiger partial charge in [-0.1, -0.05) is 6.92 Å². The summed E-state index contributed by atoms with van der Waals surface area (Å²) in [5.41, 5.74) is 6.10.